The van der Waals surface area contributed by atoms with Gasteiger partial charge < -0.3 is 19.6 Å². The molecule has 2 aliphatic heterocycles. The van der Waals surface area contributed by atoms with Gasteiger partial charge in [0.25, 0.3) is 6.71 Å². The zero-order chi connectivity index (χ0) is 51.2. The van der Waals surface area contributed by atoms with E-state index in [1.165, 1.54) is 38.0 Å². The molecular formula is C67H51BN6S. The summed E-state index contributed by atoms with van der Waals surface area (Å²) in [7, 11) is 0. The van der Waals surface area contributed by atoms with Gasteiger partial charge in [-0.3, -0.25) is 0 Å². The summed E-state index contributed by atoms with van der Waals surface area (Å²) in [4.78, 5) is 15.8. The Morgan fingerprint density at radius 1 is 0.493 bits per heavy atom. The molecule has 0 atom stereocenters. The van der Waals surface area contributed by atoms with E-state index in [4.69, 9.17) is 6.57 Å². The minimum Gasteiger partial charge on any atom is -0.310 e. The number of hydrogen-bond donors (Lipinski definition) is 0. The van der Waals surface area contributed by atoms with Gasteiger partial charge in [0, 0.05) is 55.3 Å². The third-order valence-corrected chi connectivity index (χ3v) is 15.4. The fourth-order valence-electron chi connectivity index (χ4n) is 11.0. The van der Waals surface area contributed by atoms with E-state index in [-0.39, 0.29) is 6.71 Å². The molecule has 0 spiro atoms. The summed E-state index contributed by atoms with van der Waals surface area (Å²) in [6.45, 7) is 17.1. The van der Waals surface area contributed by atoms with Gasteiger partial charge in [0.1, 0.15) is 0 Å². The number of nitriles is 1. The third-order valence-electron chi connectivity index (χ3n) is 14.3. The van der Waals surface area contributed by atoms with Gasteiger partial charge in [-0.2, -0.15) is 5.26 Å². The van der Waals surface area contributed by atoms with E-state index in [2.05, 4.69) is 240 Å². The first-order chi connectivity index (χ1) is 36.8. The Balaban J connectivity index is 1.20. The van der Waals surface area contributed by atoms with Crippen molar-refractivity contribution < 1.29 is 0 Å². The second kappa shape index (κ2) is 19.7. The van der Waals surface area contributed by atoms with Crippen LogP contribution < -0.4 is 36.0 Å². The molecule has 0 radical (unpaired) electrons. The van der Waals surface area contributed by atoms with E-state index in [9.17, 15) is 5.26 Å². The zero-order valence-electron chi connectivity index (χ0n) is 42.2. The number of nitrogens with zero attached hydrogens (tertiary/aromatic N) is 6. The minimum atomic E-state index is -0.152. The summed E-state index contributed by atoms with van der Waals surface area (Å²) in [5.74, 6) is 0.306. The van der Waals surface area contributed by atoms with E-state index in [1.807, 2.05) is 48.5 Å². The average molecular weight is 983 g/mol. The molecule has 0 unspecified atom stereocenters. The maximum Gasteiger partial charge on any atom is 0.252 e. The molecular weight excluding hydrogens is 932 g/mol. The highest BCUT2D eigenvalue weighted by Gasteiger charge is 2.45. The summed E-state index contributed by atoms with van der Waals surface area (Å²) in [5, 5.41) is 10.7. The van der Waals surface area contributed by atoms with Gasteiger partial charge in [-0.05, 0) is 151 Å². The topological polar surface area (TPSA) is 41.1 Å². The average Bonchev–Trinajstić information content (AvgIpc) is 3.56. The van der Waals surface area contributed by atoms with E-state index in [0.29, 0.717) is 17.2 Å². The SMILES string of the molecule is [C-]#[N+]c1ccc(N2c3ccc(C)cc3B3c4cc(C)ccc4N(c4ccc(C#N)cc4N(c4ccccc4)c4ccccc4)c4cc(Sc5ccccc5C(C)C)cc2c43)c(N(c2ccccc2)c2ccccc2)c1. The Hall–Kier alpha value is -9.21. The number of hydrogen-bond acceptors (Lipinski definition) is 6. The molecule has 0 bridgehead atoms. The highest BCUT2D eigenvalue weighted by molar-refractivity contribution is 7.99. The molecule has 8 heteroatoms. The number of para-hydroxylation sites is 4. The van der Waals surface area contributed by atoms with Crippen LogP contribution in [-0.2, 0) is 0 Å². The van der Waals surface area contributed by atoms with Crippen LogP contribution in [0.2, 0.25) is 0 Å². The lowest BCUT2D eigenvalue weighted by atomic mass is 9.33. The van der Waals surface area contributed by atoms with E-state index in [1.54, 1.807) is 11.8 Å². The first-order valence-electron chi connectivity index (χ1n) is 25.4. The second-order valence-electron chi connectivity index (χ2n) is 19.5. The quantitative estimate of drug-likeness (QED) is 0.0950. The molecule has 0 N–H and O–H groups in total. The smallest absolute Gasteiger partial charge is 0.252 e. The Morgan fingerprint density at radius 2 is 0.933 bits per heavy atom. The highest BCUT2D eigenvalue weighted by Crippen LogP contribution is 2.53. The van der Waals surface area contributed by atoms with E-state index in [0.717, 1.165) is 73.1 Å². The molecule has 2 heterocycles. The lowest BCUT2D eigenvalue weighted by Gasteiger charge is -2.46. The maximum absolute atomic E-state index is 10.7. The fraction of sp³-hybridized carbons (Fsp3) is 0.0746. The molecule has 0 saturated carbocycles. The molecule has 12 rings (SSSR count). The molecule has 10 aromatic carbocycles. The normalized spacial score (nSPS) is 12.1. The molecule has 2 aliphatic rings. The number of benzene rings is 10. The van der Waals surface area contributed by atoms with Crippen molar-refractivity contribution >= 4 is 109 Å². The largest absolute Gasteiger partial charge is 0.310 e. The van der Waals surface area contributed by atoms with Crippen LogP contribution in [0.1, 0.15) is 42.0 Å². The van der Waals surface area contributed by atoms with Crippen molar-refractivity contribution in [2.45, 2.75) is 43.4 Å². The molecule has 6 nitrogen and oxygen atoms in total. The van der Waals surface area contributed by atoms with Crippen molar-refractivity contribution in [1.29, 1.82) is 5.26 Å². The van der Waals surface area contributed by atoms with Gasteiger partial charge >= 0.3 is 0 Å². The predicted molar refractivity (Wildman–Crippen MR) is 315 cm³/mol. The van der Waals surface area contributed by atoms with Crippen molar-refractivity contribution in [3.8, 4) is 6.07 Å². The highest BCUT2D eigenvalue weighted by atomic mass is 32.2. The number of anilines is 12. The molecule has 10 aromatic rings. The summed E-state index contributed by atoms with van der Waals surface area (Å²) < 4.78 is 0. The van der Waals surface area contributed by atoms with Crippen LogP contribution >= 0.6 is 11.8 Å². The van der Waals surface area contributed by atoms with Crippen molar-refractivity contribution in [1.82, 2.24) is 0 Å². The van der Waals surface area contributed by atoms with Gasteiger partial charge in [-0.25, -0.2) is 4.85 Å². The Morgan fingerprint density at radius 3 is 1.40 bits per heavy atom. The van der Waals surface area contributed by atoms with Crippen molar-refractivity contribution in [2.24, 2.45) is 0 Å². The van der Waals surface area contributed by atoms with E-state index < -0.39 is 0 Å². The molecule has 75 heavy (non-hydrogen) atoms. The van der Waals surface area contributed by atoms with Crippen LogP contribution in [-0.4, -0.2) is 6.71 Å². The van der Waals surface area contributed by atoms with Gasteiger partial charge in [0.05, 0.1) is 41.0 Å². The van der Waals surface area contributed by atoms with Crippen LogP contribution in [0.5, 0.6) is 0 Å². The summed E-state index contributed by atoms with van der Waals surface area (Å²) in [6.07, 6.45) is 0. The first-order valence-corrected chi connectivity index (χ1v) is 26.2. The van der Waals surface area contributed by atoms with E-state index >= 15 is 0 Å². The van der Waals surface area contributed by atoms with Crippen molar-refractivity contribution in [2.75, 3.05) is 19.6 Å². The monoisotopic (exact) mass is 982 g/mol. The summed E-state index contributed by atoms with van der Waals surface area (Å²) in [5.41, 5.74) is 20.1. The predicted octanol–water partition coefficient (Wildman–Crippen LogP) is 17.0. The number of fused-ring (bicyclic) bond motifs is 4. The van der Waals surface area contributed by atoms with Gasteiger partial charge in [-0.1, -0.05) is 158 Å². The maximum atomic E-state index is 10.7. The second-order valence-corrected chi connectivity index (χ2v) is 20.6. The lowest BCUT2D eigenvalue weighted by molar-refractivity contribution is 0.842. The molecule has 0 aromatic heterocycles. The Labute approximate surface area is 444 Å². The van der Waals surface area contributed by atoms with Crippen LogP contribution in [0.15, 0.2) is 240 Å². The Kier molecular flexibility index (Phi) is 12.3. The molecule has 0 saturated heterocycles. The molecule has 0 amide bonds. The summed E-state index contributed by atoms with van der Waals surface area (Å²) in [6, 6.07) is 83.9. The van der Waals surface area contributed by atoms with Crippen molar-refractivity contribution in [3.63, 3.8) is 0 Å². The van der Waals surface area contributed by atoms with Gasteiger partial charge in [0.15, 0.2) is 5.69 Å². The number of aryl methyl sites for hydroxylation is 2. The molecule has 0 aliphatic carbocycles. The molecule has 358 valence electrons. The fourth-order valence-corrected chi connectivity index (χ4v) is 12.2. The zero-order valence-corrected chi connectivity index (χ0v) is 43.0. The van der Waals surface area contributed by atoms with Crippen LogP contribution in [0, 0.1) is 31.8 Å². The van der Waals surface area contributed by atoms with Crippen LogP contribution in [0.3, 0.4) is 0 Å². The standard InChI is InChI=1S/C67H51BN6S/c1-45(2)55-28-18-19-29-66(55)75-54-42-64-67-65(43-54)74(61-37-33-49(70-5)41-63(61)72(52-24-14-8-15-25-52)53-26-16-9-17-27-53)59-35-31-47(4)39-57(59)68(67)56-38-46(3)30-34-58(56)73(64)60-36-32-48(44-69)40-62(60)71(50-20-10-6-11-21-50)51-22-12-7-13-23-51/h6-43,45H,1-4H3. The number of rotatable bonds is 11. The van der Waals surface area contributed by atoms with Crippen molar-refractivity contribution in [3.05, 3.63) is 264 Å². The lowest BCUT2D eigenvalue weighted by Crippen LogP contribution is -2.61. The summed E-state index contributed by atoms with van der Waals surface area (Å²) >= 11 is 1.80. The van der Waals surface area contributed by atoms with Gasteiger partial charge in [-0.15, -0.1) is 0 Å². The van der Waals surface area contributed by atoms with Crippen LogP contribution in [0.4, 0.5) is 73.9 Å². The Bertz CT molecular complexity index is 3570. The minimum absolute atomic E-state index is 0.152. The molecule has 0 fully saturated rings. The third kappa shape index (κ3) is 8.46. The van der Waals surface area contributed by atoms with Crippen LogP contribution in [0.25, 0.3) is 4.85 Å². The first kappa shape index (κ1) is 46.8. The van der Waals surface area contributed by atoms with Gasteiger partial charge in [0.2, 0.25) is 0 Å².